The number of rotatable bonds is 6. The SMILES string of the molecule is CN(CC1CC1)C(CCN)C(=O)O. The molecular weight excluding hydrogens is 168 g/mol. The highest BCUT2D eigenvalue weighted by atomic mass is 16.4. The largest absolute Gasteiger partial charge is 0.480 e. The Balaban J connectivity index is 2.36. The average Bonchev–Trinajstić information content (AvgIpc) is 2.83. The fourth-order valence-corrected chi connectivity index (χ4v) is 1.53. The Labute approximate surface area is 78.7 Å². The van der Waals surface area contributed by atoms with Crippen LogP contribution in [0.1, 0.15) is 19.3 Å². The van der Waals surface area contributed by atoms with Crippen molar-refractivity contribution in [1.29, 1.82) is 0 Å². The molecule has 1 rings (SSSR count). The molecule has 0 aromatic carbocycles. The zero-order valence-electron chi connectivity index (χ0n) is 8.07. The lowest BCUT2D eigenvalue weighted by Crippen LogP contribution is -2.40. The van der Waals surface area contributed by atoms with Gasteiger partial charge in [-0.1, -0.05) is 0 Å². The topological polar surface area (TPSA) is 66.6 Å². The van der Waals surface area contributed by atoms with E-state index in [1.54, 1.807) is 0 Å². The zero-order chi connectivity index (χ0) is 9.84. The summed E-state index contributed by atoms with van der Waals surface area (Å²) in [6, 6.07) is -0.398. The lowest BCUT2D eigenvalue weighted by Gasteiger charge is -2.23. The van der Waals surface area contributed by atoms with E-state index in [0.717, 1.165) is 12.5 Å². The number of aliphatic carboxylic acids is 1. The number of hydrogen-bond donors (Lipinski definition) is 2. The quantitative estimate of drug-likeness (QED) is 0.619. The maximum Gasteiger partial charge on any atom is 0.320 e. The van der Waals surface area contributed by atoms with Gasteiger partial charge in [0.2, 0.25) is 0 Å². The molecular formula is C9H18N2O2. The van der Waals surface area contributed by atoms with Crippen LogP contribution >= 0.6 is 0 Å². The van der Waals surface area contributed by atoms with E-state index in [1.165, 1.54) is 12.8 Å². The molecule has 76 valence electrons. The Morgan fingerprint density at radius 2 is 2.31 bits per heavy atom. The Morgan fingerprint density at radius 1 is 1.69 bits per heavy atom. The van der Waals surface area contributed by atoms with Crippen LogP contribution in [0.5, 0.6) is 0 Å². The molecule has 1 atom stereocenters. The maximum atomic E-state index is 10.8. The summed E-state index contributed by atoms with van der Waals surface area (Å²) in [5.74, 6) is -0.0294. The van der Waals surface area contributed by atoms with Crippen molar-refractivity contribution in [1.82, 2.24) is 4.90 Å². The highest BCUT2D eigenvalue weighted by Crippen LogP contribution is 2.29. The Kier molecular flexibility index (Phi) is 3.69. The van der Waals surface area contributed by atoms with Gasteiger partial charge in [-0.25, -0.2) is 0 Å². The van der Waals surface area contributed by atoms with Gasteiger partial charge in [0.15, 0.2) is 0 Å². The van der Waals surface area contributed by atoms with Crippen molar-refractivity contribution in [3.8, 4) is 0 Å². The third-order valence-corrected chi connectivity index (χ3v) is 2.50. The van der Waals surface area contributed by atoms with Gasteiger partial charge in [-0.05, 0) is 38.8 Å². The fraction of sp³-hybridized carbons (Fsp3) is 0.889. The van der Waals surface area contributed by atoms with E-state index < -0.39 is 12.0 Å². The highest BCUT2D eigenvalue weighted by molar-refractivity contribution is 5.73. The molecule has 0 spiro atoms. The van der Waals surface area contributed by atoms with E-state index in [4.69, 9.17) is 10.8 Å². The van der Waals surface area contributed by atoms with Crippen LogP contribution in [-0.2, 0) is 4.79 Å². The second-order valence-electron chi connectivity index (χ2n) is 3.81. The van der Waals surface area contributed by atoms with Crippen LogP contribution in [-0.4, -0.2) is 42.2 Å². The van der Waals surface area contributed by atoms with Crippen molar-refractivity contribution in [3.05, 3.63) is 0 Å². The first-order valence-corrected chi connectivity index (χ1v) is 4.78. The van der Waals surface area contributed by atoms with E-state index in [0.29, 0.717) is 13.0 Å². The number of likely N-dealkylation sites (N-methyl/N-ethyl adjacent to an activating group) is 1. The normalized spacial score (nSPS) is 19.0. The van der Waals surface area contributed by atoms with Crippen LogP contribution in [0.3, 0.4) is 0 Å². The number of carboxylic acid groups (broad SMARTS) is 1. The van der Waals surface area contributed by atoms with E-state index in [2.05, 4.69) is 0 Å². The first-order chi connectivity index (χ1) is 6.15. The van der Waals surface area contributed by atoms with Gasteiger partial charge in [0.1, 0.15) is 6.04 Å². The maximum absolute atomic E-state index is 10.8. The fourth-order valence-electron chi connectivity index (χ4n) is 1.53. The predicted octanol–water partition coefficient (Wildman–Crippen LogP) is 0.130. The van der Waals surface area contributed by atoms with Gasteiger partial charge < -0.3 is 10.8 Å². The lowest BCUT2D eigenvalue weighted by molar-refractivity contribution is -0.143. The second kappa shape index (κ2) is 4.58. The van der Waals surface area contributed by atoms with Crippen molar-refractivity contribution in [2.24, 2.45) is 11.7 Å². The lowest BCUT2D eigenvalue weighted by atomic mass is 10.2. The summed E-state index contributed by atoms with van der Waals surface area (Å²) in [6.07, 6.45) is 3.04. The second-order valence-corrected chi connectivity index (χ2v) is 3.81. The van der Waals surface area contributed by atoms with Gasteiger partial charge in [-0.2, -0.15) is 0 Å². The molecule has 0 bridgehead atoms. The van der Waals surface area contributed by atoms with Crippen LogP contribution < -0.4 is 5.73 Å². The van der Waals surface area contributed by atoms with Crippen LogP contribution in [0.2, 0.25) is 0 Å². The molecule has 3 N–H and O–H groups in total. The standard InChI is InChI=1S/C9H18N2O2/c1-11(6-7-2-3-7)8(4-5-10)9(12)13/h7-8H,2-6,10H2,1H3,(H,12,13). The monoisotopic (exact) mass is 186 g/mol. The van der Waals surface area contributed by atoms with Crippen molar-refractivity contribution >= 4 is 5.97 Å². The van der Waals surface area contributed by atoms with Gasteiger partial charge in [-0.15, -0.1) is 0 Å². The van der Waals surface area contributed by atoms with Crippen LogP contribution in [0.4, 0.5) is 0 Å². The smallest absolute Gasteiger partial charge is 0.320 e. The number of carboxylic acids is 1. The number of nitrogens with zero attached hydrogens (tertiary/aromatic N) is 1. The first kappa shape index (κ1) is 10.5. The average molecular weight is 186 g/mol. The van der Waals surface area contributed by atoms with Crippen LogP contribution in [0.15, 0.2) is 0 Å². The first-order valence-electron chi connectivity index (χ1n) is 4.78. The molecule has 13 heavy (non-hydrogen) atoms. The van der Waals surface area contributed by atoms with Gasteiger partial charge in [-0.3, -0.25) is 9.69 Å². The third-order valence-electron chi connectivity index (χ3n) is 2.50. The molecule has 0 heterocycles. The Morgan fingerprint density at radius 3 is 2.69 bits per heavy atom. The molecule has 1 fully saturated rings. The summed E-state index contributed by atoms with van der Waals surface area (Å²) in [4.78, 5) is 12.7. The molecule has 4 heteroatoms. The van der Waals surface area contributed by atoms with Gasteiger partial charge in [0.05, 0.1) is 0 Å². The molecule has 0 amide bonds. The summed E-state index contributed by atoms with van der Waals surface area (Å²) in [5, 5.41) is 8.91. The predicted molar refractivity (Wildman–Crippen MR) is 50.4 cm³/mol. The number of hydrogen-bond acceptors (Lipinski definition) is 3. The molecule has 0 aromatic rings. The summed E-state index contributed by atoms with van der Waals surface area (Å²) in [6.45, 7) is 1.34. The van der Waals surface area contributed by atoms with Crippen molar-refractivity contribution in [3.63, 3.8) is 0 Å². The van der Waals surface area contributed by atoms with Crippen molar-refractivity contribution in [2.45, 2.75) is 25.3 Å². The van der Waals surface area contributed by atoms with Crippen LogP contribution in [0.25, 0.3) is 0 Å². The molecule has 1 saturated carbocycles. The van der Waals surface area contributed by atoms with Crippen LogP contribution in [0, 0.1) is 5.92 Å². The van der Waals surface area contributed by atoms with Gasteiger partial charge in [0, 0.05) is 6.54 Å². The highest BCUT2D eigenvalue weighted by Gasteiger charge is 2.28. The van der Waals surface area contributed by atoms with E-state index in [9.17, 15) is 4.79 Å². The van der Waals surface area contributed by atoms with Crippen molar-refractivity contribution < 1.29 is 9.90 Å². The minimum atomic E-state index is -0.756. The Hall–Kier alpha value is -0.610. The summed E-state index contributed by atoms with van der Waals surface area (Å²) in [7, 11) is 1.87. The minimum absolute atomic E-state index is 0.398. The number of nitrogens with two attached hydrogens (primary N) is 1. The van der Waals surface area contributed by atoms with Crippen molar-refractivity contribution in [2.75, 3.05) is 20.1 Å². The number of carbonyl (C=O) groups is 1. The third kappa shape index (κ3) is 3.32. The zero-order valence-corrected chi connectivity index (χ0v) is 8.07. The molecule has 1 aliphatic carbocycles. The molecule has 0 aromatic heterocycles. The summed E-state index contributed by atoms with van der Waals surface area (Å²) < 4.78 is 0. The molecule has 0 aliphatic heterocycles. The van der Waals surface area contributed by atoms with E-state index >= 15 is 0 Å². The molecule has 0 radical (unpaired) electrons. The summed E-state index contributed by atoms with van der Waals surface area (Å²) in [5.41, 5.74) is 5.36. The minimum Gasteiger partial charge on any atom is -0.480 e. The molecule has 1 aliphatic rings. The van der Waals surface area contributed by atoms with E-state index in [1.807, 2.05) is 11.9 Å². The Bertz CT molecular complexity index is 180. The van der Waals surface area contributed by atoms with Gasteiger partial charge in [0.25, 0.3) is 0 Å². The van der Waals surface area contributed by atoms with Gasteiger partial charge >= 0.3 is 5.97 Å². The molecule has 0 saturated heterocycles. The molecule has 1 unspecified atom stereocenters. The summed E-state index contributed by atoms with van der Waals surface area (Å²) >= 11 is 0. The molecule has 4 nitrogen and oxygen atoms in total. The van der Waals surface area contributed by atoms with E-state index in [-0.39, 0.29) is 0 Å².